The van der Waals surface area contributed by atoms with Crippen LogP contribution >= 0.6 is 23.2 Å². The number of alkyl halides is 2. The summed E-state index contributed by atoms with van der Waals surface area (Å²) >= 11 is 11.7. The van der Waals surface area contributed by atoms with Crippen LogP contribution in [0.3, 0.4) is 0 Å². The minimum atomic E-state index is -1.14. The van der Waals surface area contributed by atoms with Gasteiger partial charge in [-0.25, -0.2) is 4.79 Å². The van der Waals surface area contributed by atoms with Gasteiger partial charge in [0.2, 0.25) is 4.84 Å². The normalized spacial score (nSPS) is 49.6. The van der Waals surface area contributed by atoms with E-state index in [0.29, 0.717) is 29.6 Å². The maximum absolute atomic E-state index is 12.3. The van der Waals surface area contributed by atoms with Crippen LogP contribution in [0.1, 0.15) is 99.8 Å². The fourth-order valence-corrected chi connectivity index (χ4v) is 11.4. The fourth-order valence-electron chi connectivity index (χ4n) is 11.3. The van der Waals surface area contributed by atoms with E-state index in [9.17, 15) is 14.7 Å². The molecular weight excluding hydrogens is 519 g/mol. The molecule has 0 aromatic rings. The number of carboxylic acid groups (broad SMARTS) is 1. The van der Waals surface area contributed by atoms with E-state index in [2.05, 4.69) is 54.5 Å². The second-order valence-electron chi connectivity index (χ2n) is 15.1. The molecule has 0 saturated heterocycles. The van der Waals surface area contributed by atoms with Crippen LogP contribution in [0.15, 0.2) is 11.6 Å². The summed E-state index contributed by atoms with van der Waals surface area (Å²) in [5.74, 6) is 1.26. The van der Waals surface area contributed by atoms with Gasteiger partial charge in [-0.15, -0.1) is 0 Å². The number of carboxylic acids is 1. The number of halogens is 2. The Morgan fingerprint density at radius 3 is 2.32 bits per heavy atom. The molecule has 0 amide bonds. The van der Waals surface area contributed by atoms with Gasteiger partial charge >= 0.3 is 11.9 Å². The van der Waals surface area contributed by atoms with Gasteiger partial charge in [-0.3, -0.25) is 4.79 Å². The molecule has 0 radical (unpaired) electrons. The highest BCUT2D eigenvalue weighted by atomic mass is 35.5. The van der Waals surface area contributed by atoms with E-state index in [-0.39, 0.29) is 39.6 Å². The van der Waals surface area contributed by atoms with Crippen LogP contribution in [-0.2, 0) is 14.3 Å². The summed E-state index contributed by atoms with van der Waals surface area (Å²) < 4.78 is 5.88. The molecule has 0 aromatic carbocycles. The second kappa shape index (κ2) is 9.40. The predicted octanol–water partition coefficient (Wildman–Crippen LogP) is 8.30. The third-order valence-electron chi connectivity index (χ3n) is 13.6. The van der Waals surface area contributed by atoms with Crippen molar-refractivity contribution >= 4 is 35.1 Å². The Labute approximate surface area is 239 Å². The topological polar surface area (TPSA) is 63.6 Å². The summed E-state index contributed by atoms with van der Waals surface area (Å²) in [7, 11) is 0. The van der Waals surface area contributed by atoms with Gasteiger partial charge in [-0.05, 0) is 103 Å². The molecule has 0 bridgehead atoms. The van der Waals surface area contributed by atoms with Crippen molar-refractivity contribution in [2.45, 2.75) is 111 Å². The lowest BCUT2D eigenvalue weighted by Gasteiger charge is -2.71. The average Bonchev–Trinajstić information content (AvgIpc) is 2.82. The number of ether oxygens (including phenoxy) is 1. The Morgan fingerprint density at radius 2 is 1.68 bits per heavy atom. The van der Waals surface area contributed by atoms with Gasteiger partial charge in [-0.2, -0.15) is 0 Å². The zero-order valence-electron chi connectivity index (χ0n) is 24.4. The minimum Gasteiger partial charge on any atom is -0.481 e. The number of carbonyl (C=O) groups excluding carboxylic acids is 1. The molecule has 1 N–H and O–H groups in total. The van der Waals surface area contributed by atoms with E-state index >= 15 is 0 Å². The lowest BCUT2D eigenvalue weighted by atomic mass is 9.34. The van der Waals surface area contributed by atoms with Gasteiger partial charge < -0.3 is 9.84 Å². The molecule has 6 heteroatoms. The summed E-state index contributed by atoms with van der Waals surface area (Å²) in [4.78, 5) is 23.5. The van der Waals surface area contributed by atoms with Crippen LogP contribution in [0.4, 0.5) is 0 Å². The molecule has 5 aliphatic carbocycles. The van der Waals surface area contributed by atoms with Crippen molar-refractivity contribution in [1.29, 1.82) is 0 Å². The Kier molecular flexibility index (Phi) is 7.12. The molecule has 4 nitrogen and oxygen atoms in total. The van der Waals surface area contributed by atoms with Crippen LogP contribution < -0.4 is 0 Å². The molecule has 0 heterocycles. The second-order valence-corrected chi connectivity index (χ2v) is 16.2. The number of esters is 1. The van der Waals surface area contributed by atoms with E-state index in [0.717, 1.165) is 51.4 Å². The third kappa shape index (κ3) is 3.88. The van der Waals surface area contributed by atoms with Crippen LogP contribution in [0.5, 0.6) is 0 Å². The summed E-state index contributed by atoms with van der Waals surface area (Å²) in [5.41, 5.74) is 1.85. The van der Waals surface area contributed by atoms with Gasteiger partial charge in [0.15, 0.2) is 0 Å². The van der Waals surface area contributed by atoms with Crippen molar-refractivity contribution in [1.82, 2.24) is 0 Å². The largest absolute Gasteiger partial charge is 0.481 e. The van der Waals surface area contributed by atoms with Crippen molar-refractivity contribution in [3.8, 4) is 0 Å². The van der Waals surface area contributed by atoms with Gasteiger partial charge in [-0.1, -0.05) is 83.3 Å². The molecule has 0 aliphatic heterocycles. The first-order valence-corrected chi connectivity index (χ1v) is 15.9. The highest BCUT2D eigenvalue weighted by Gasteiger charge is 2.68. The molecular formula is C32H48Cl2O4. The van der Waals surface area contributed by atoms with Crippen molar-refractivity contribution < 1.29 is 19.4 Å². The van der Waals surface area contributed by atoms with E-state index in [1.807, 2.05) is 0 Å². The maximum atomic E-state index is 12.3. The number of aliphatic carboxylic acids is 1. The Hall–Kier alpha value is -0.740. The van der Waals surface area contributed by atoms with Crippen LogP contribution in [0.25, 0.3) is 0 Å². The van der Waals surface area contributed by atoms with Crippen molar-refractivity contribution in [3.63, 3.8) is 0 Å². The Bertz CT molecular complexity index is 1020. The van der Waals surface area contributed by atoms with Crippen LogP contribution in [0.2, 0.25) is 0 Å². The number of allylic oxidation sites excluding steroid dienone is 2. The minimum absolute atomic E-state index is 0.0946. The number of hydrogen-bond acceptors (Lipinski definition) is 3. The quantitative estimate of drug-likeness (QED) is 0.212. The van der Waals surface area contributed by atoms with Crippen LogP contribution in [0, 0.1) is 63.1 Å². The lowest BCUT2D eigenvalue weighted by Crippen LogP contribution is -2.64. The molecule has 0 spiro atoms. The molecule has 4 saturated carbocycles. The Morgan fingerprint density at radius 1 is 1.00 bits per heavy atom. The smallest absolute Gasteiger partial charge is 0.339 e. The van der Waals surface area contributed by atoms with Gasteiger partial charge in [0, 0.05) is 5.41 Å². The summed E-state index contributed by atoms with van der Waals surface area (Å²) in [5, 5.41) is 10.1. The standard InChI is InChI=1S/C32H48Cl2O4/c1-17-16-20(27(35)36)19-10-14-31(6)21(25(19)18(17)2)8-9-23-30(5)13-12-24(38-28(37)26(33)34)29(3,4)22(30)11-15-32(23,31)7/h8,17-20,22-26H,9-16H2,1-7H3,(H,35,36)/t17-,18+,19?,20-,22?,23?,24+,25?,30+,31-,32-/m1/s1. The summed E-state index contributed by atoms with van der Waals surface area (Å²) in [6, 6.07) is 0. The van der Waals surface area contributed by atoms with Gasteiger partial charge in [0.1, 0.15) is 6.10 Å². The fraction of sp³-hybridized carbons (Fsp3) is 0.875. The van der Waals surface area contributed by atoms with Crippen molar-refractivity contribution in [2.75, 3.05) is 0 Å². The number of carbonyl (C=O) groups is 2. The van der Waals surface area contributed by atoms with E-state index in [1.165, 1.54) is 0 Å². The van der Waals surface area contributed by atoms with Crippen molar-refractivity contribution in [2.24, 2.45) is 63.1 Å². The number of rotatable bonds is 3. The molecule has 4 unspecified atom stereocenters. The van der Waals surface area contributed by atoms with Gasteiger partial charge in [0.25, 0.3) is 0 Å². The third-order valence-corrected chi connectivity index (χ3v) is 14.0. The molecule has 0 aromatic heterocycles. The monoisotopic (exact) mass is 566 g/mol. The SMILES string of the molecule is C[C@@H]1C[C@@H](C(=O)O)C2CC[C@]3(C)C(=CCC4[C@@]5(C)CC[C@H](OC(=O)C(Cl)Cl)C(C)(C)C5CC[C@]43C)C2[C@H]1C. The first-order valence-electron chi connectivity index (χ1n) is 15.0. The van der Waals surface area contributed by atoms with Crippen molar-refractivity contribution in [3.05, 3.63) is 11.6 Å². The molecule has 4 fully saturated rings. The summed E-state index contributed by atoms with van der Waals surface area (Å²) in [6.45, 7) is 16.8. The predicted molar refractivity (Wildman–Crippen MR) is 152 cm³/mol. The van der Waals surface area contributed by atoms with Crippen LogP contribution in [-0.4, -0.2) is 28.0 Å². The van der Waals surface area contributed by atoms with E-state index < -0.39 is 16.8 Å². The number of hydrogen-bond donors (Lipinski definition) is 1. The zero-order valence-corrected chi connectivity index (χ0v) is 25.9. The zero-order chi connectivity index (χ0) is 28.0. The first-order chi connectivity index (χ1) is 17.6. The average molecular weight is 568 g/mol. The first kappa shape index (κ1) is 28.8. The maximum Gasteiger partial charge on any atom is 0.339 e. The highest BCUT2D eigenvalue weighted by molar-refractivity contribution is 6.52. The lowest BCUT2D eigenvalue weighted by molar-refractivity contribution is -0.211. The Balaban J connectivity index is 1.50. The molecule has 214 valence electrons. The number of fused-ring (bicyclic) bond motifs is 7. The molecule has 11 atom stereocenters. The van der Waals surface area contributed by atoms with E-state index in [4.69, 9.17) is 27.9 Å². The highest BCUT2D eigenvalue weighted by Crippen LogP contribution is 2.74. The molecule has 5 aliphatic rings. The molecule has 38 heavy (non-hydrogen) atoms. The van der Waals surface area contributed by atoms with E-state index in [1.54, 1.807) is 5.57 Å². The van der Waals surface area contributed by atoms with Gasteiger partial charge in [0.05, 0.1) is 5.92 Å². The summed E-state index contributed by atoms with van der Waals surface area (Å²) in [6.07, 6.45) is 10.6. The molecule has 5 rings (SSSR count).